The molecule has 0 saturated carbocycles. The molecule has 1 N–H and O–H groups in total. The number of fused-ring (bicyclic) bond motifs is 1. The fourth-order valence-corrected chi connectivity index (χ4v) is 4.25. The van der Waals surface area contributed by atoms with Crippen molar-refractivity contribution in [1.82, 2.24) is 24.8 Å². The normalized spacial score (nSPS) is 15.7. The van der Waals surface area contributed by atoms with Gasteiger partial charge in [0, 0.05) is 62.6 Å². The molecule has 1 aliphatic rings. The maximum absolute atomic E-state index is 13.4. The zero-order valence-electron chi connectivity index (χ0n) is 20.2. The van der Waals surface area contributed by atoms with Crippen LogP contribution >= 0.6 is 0 Å². The highest BCUT2D eigenvalue weighted by atomic mass is 16.2. The summed E-state index contributed by atoms with van der Waals surface area (Å²) in [5, 5.41) is 3.81. The van der Waals surface area contributed by atoms with Crippen LogP contribution in [0.3, 0.4) is 0 Å². The first-order valence-electron chi connectivity index (χ1n) is 11.3. The van der Waals surface area contributed by atoms with Crippen molar-refractivity contribution >= 4 is 28.7 Å². The van der Waals surface area contributed by atoms with Crippen LogP contribution in [0.15, 0.2) is 36.7 Å². The van der Waals surface area contributed by atoms with Crippen LogP contribution in [0.4, 0.5) is 5.82 Å². The van der Waals surface area contributed by atoms with E-state index in [1.807, 2.05) is 37.3 Å². The molecule has 174 valence electrons. The summed E-state index contributed by atoms with van der Waals surface area (Å²) in [6, 6.07) is 7.78. The van der Waals surface area contributed by atoms with E-state index in [0.29, 0.717) is 24.7 Å². The Bertz CT molecular complexity index is 1190. The van der Waals surface area contributed by atoms with Gasteiger partial charge in [0.1, 0.15) is 22.7 Å². The quantitative estimate of drug-likeness (QED) is 0.648. The lowest BCUT2D eigenvalue weighted by Crippen LogP contribution is -2.63. The Morgan fingerprint density at radius 1 is 1.21 bits per heavy atom. The number of hydrogen-bond donors (Lipinski definition) is 1. The number of aromatic nitrogens is 3. The molecule has 4 heterocycles. The smallest absolute Gasteiger partial charge is 0.273 e. The topological polar surface area (TPSA) is 83.4 Å². The van der Waals surface area contributed by atoms with Gasteiger partial charge in [0.15, 0.2) is 0 Å². The van der Waals surface area contributed by atoms with Gasteiger partial charge >= 0.3 is 0 Å². The van der Waals surface area contributed by atoms with E-state index in [1.165, 1.54) is 0 Å². The van der Waals surface area contributed by atoms with Crippen molar-refractivity contribution in [3.05, 3.63) is 42.4 Å². The lowest BCUT2D eigenvalue weighted by molar-refractivity contribution is -0.133. The van der Waals surface area contributed by atoms with Crippen molar-refractivity contribution in [2.45, 2.75) is 39.8 Å². The average Bonchev–Trinajstić information content (AvgIpc) is 3.12. The van der Waals surface area contributed by atoms with Crippen LogP contribution in [0.25, 0.3) is 22.2 Å². The molecule has 3 aromatic rings. The van der Waals surface area contributed by atoms with Crippen molar-refractivity contribution < 1.29 is 9.59 Å². The second kappa shape index (κ2) is 8.50. The number of anilines is 1. The van der Waals surface area contributed by atoms with Crippen molar-refractivity contribution in [3.63, 3.8) is 0 Å². The van der Waals surface area contributed by atoms with Gasteiger partial charge in [-0.25, -0.2) is 9.97 Å². The summed E-state index contributed by atoms with van der Waals surface area (Å²) in [5.41, 5.74) is 2.23. The van der Waals surface area contributed by atoms with Crippen LogP contribution in [0.5, 0.6) is 0 Å². The molecule has 1 fully saturated rings. The molecular formula is C25H32N6O2. The van der Waals surface area contributed by atoms with E-state index >= 15 is 0 Å². The van der Waals surface area contributed by atoms with Crippen molar-refractivity contribution in [3.8, 4) is 11.1 Å². The molecule has 0 spiro atoms. The first-order valence-corrected chi connectivity index (χ1v) is 11.3. The first-order chi connectivity index (χ1) is 15.6. The fourth-order valence-electron chi connectivity index (χ4n) is 4.25. The van der Waals surface area contributed by atoms with Crippen molar-refractivity contribution in [1.29, 1.82) is 0 Å². The second-order valence-electron chi connectivity index (χ2n) is 9.73. The van der Waals surface area contributed by atoms with Crippen LogP contribution in [-0.2, 0) is 11.3 Å². The molecule has 0 atom stereocenters. The summed E-state index contributed by atoms with van der Waals surface area (Å²) in [5.74, 6) is 0.923. The Morgan fingerprint density at radius 3 is 2.61 bits per heavy atom. The van der Waals surface area contributed by atoms with Gasteiger partial charge < -0.3 is 19.7 Å². The molecule has 1 saturated heterocycles. The van der Waals surface area contributed by atoms with Gasteiger partial charge in [-0.15, -0.1) is 0 Å². The zero-order chi connectivity index (χ0) is 23.9. The molecule has 3 aromatic heterocycles. The predicted octanol–water partition coefficient (Wildman–Crippen LogP) is 3.17. The van der Waals surface area contributed by atoms with Crippen LogP contribution in [0.2, 0.25) is 0 Å². The van der Waals surface area contributed by atoms with Crippen LogP contribution in [0, 0.1) is 5.92 Å². The summed E-state index contributed by atoms with van der Waals surface area (Å²) >= 11 is 0. The van der Waals surface area contributed by atoms with Crippen LogP contribution in [0.1, 0.15) is 38.2 Å². The molecular weight excluding hydrogens is 416 g/mol. The molecule has 33 heavy (non-hydrogen) atoms. The largest absolute Gasteiger partial charge is 0.363 e. The highest BCUT2D eigenvalue weighted by Gasteiger charge is 2.41. The van der Waals surface area contributed by atoms with Gasteiger partial charge in [0.25, 0.3) is 5.91 Å². The molecule has 0 bridgehead atoms. The van der Waals surface area contributed by atoms with Crippen molar-refractivity contribution in [2.75, 3.05) is 32.1 Å². The number of carbonyl (C=O) groups excluding carboxylic acids is 2. The van der Waals surface area contributed by atoms with E-state index in [-0.39, 0.29) is 11.8 Å². The summed E-state index contributed by atoms with van der Waals surface area (Å²) in [7, 11) is 3.93. The predicted molar refractivity (Wildman–Crippen MR) is 130 cm³/mol. The fraction of sp³-hybridized carbons (Fsp3) is 0.440. The van der Waals surface area contributed by atoms with Gasteiger partial charge in [-0.3, -0.25) is 9.59 Å². The minimum atomic E-state index is -0.920. The number of nitrogens with one attached hydrogen (secondary N) is 1. The Hall–Kier alpha value is -3.42. The zero-order valence-corrected chi connectivity index (χ0v) is 20.2. The number of nitrogens with zero attached hydrogens (tertiary/aromatic N) is 5. The third-order valence-corrected chi connectivity index (χ3v) is 6.12. The number of carbonyl (C=O) groups is 2. The summed E-state index contributed by atoms with van der Waals surface area (Å²) in [6.07, 6.45) is 3.97. The Morgan fingerprint density at radius 2 is 1.97 bits per heavy atom. The summed E-state index contributed by atoms with van der Waals surface area (Å²) < 4.78 is 2.11. The lowest BCUT2D eigenvalue weighted by atomic mass is 9.98. The van der Waals surface area contributed by atoms with Gasteiger partial charge in [-0.05, 0) is 44.0 Å². The minimum absolute atomic E-state index is 0.151. The van der Waals surface area contributed by atoms with Crippen LogP contribution < -0.4 is 10.2 Å². The minimum Gasteiger partial charge on any atom is -0.363 e. The number of rotatable bonds is 5. The molecule has 8 heteroatoms. The number of amides is 2. The highest BCUT2D eigenvalue weighted by Crippen LogP contribution is 2.31. The standard InChI is InChI=1S/C25H32N6O2/c1-16(2)14-30-15-19(17-7-10-21(27-13-17)29(5)6)18-8-9-20(28-22(18)30)23(32)31-12-11-26-24(33)25(31,3)4/h7-10,13,15-16H,11-12,14H2,1-6H3,(H,26,33). The Balaban J connectivity index is 1.78. The van der Waals surface area contributed by atoms with E-state index in [9.17, 15) is 9.59 Å². The van der Waals surface area contributed by atoms with E-state index in [1.54, 1.807) is 24.8 Å². The molecule has 4 rings (SSSR count). The summed E-state index contributed by atoms with van der Waals surface area (Å²) in [4.78, 5) is 38.6. The molecule has 2 amide bonds. The number of piperazine rings is 1. The lowest BCUT2D eigenvalue weighted by Gasteiger charge is -2.40. The van der Waals surface area contributed by atoms with E-state index in [2.05, 4.69) is 41.0 Å². The van der Waals surface area contributed by atoms with Gasteiger partial charge in [0.2, 0.25) is 5.91 Å². The first kappa shape index (κ1) is 22.8. The van der Waals surface area contributed by atoms with Gasteiger partial charge in [0.05, 0.1) is 0 Å². The maximum Gasteiger partial charge on any atom is 0.273 e. The molecule has 0 unspecified atom stereocenters. The van der Waals surface area contributed by atoms with E-state index in [0.717, 1.165) is 34.5 Å². The Labute approximate surface area is 194 Å². The van der Waals surface area contributed by atoms with E-state index in [4.69, 9.17) is 4.98 Å². The Kier molecular flexibility index (Phi) is 5.86. The van der Waals surface area contributed by atoms with E-state index < -0.39 is 5.54 Å². The number of pyridine rings is 2. The maximum atomic E-state index is 13.4. The third kappa shape index (κ3) is 4.17. The van der Waals surface area contributed by atoms with Crippen LogP contribution in [-0.4, -0.2) is 64.0 Å². The molecule has 8 nitrogen and oxygen atoms in total. The van der Waals surface area contributed by atoms with Gasteiger partial charge in [-0.1, -0.05) is 13.8 Å². The van der Waals surface area contributed by atoms with Gasteiger partial charge in [-0.2, -0.15) is 0 Å². The second-order valence-corrected chi connectivity index (χ2v) is 9.73. The average molecular weight is 449 g/mol. The molecule has 1 aliphatic heterocycles. The summed E-state index contributed by atoms with van der Waals surface area (Å²) in [6.45, 7) is 9.52. The molecule has 0 aromatic carbocycles. The van der Waals surface area contributed by atoms with Crippen molar-refractivity contribution in [2.24, 2.45) is 5.92 Å². The monoisotopic (exact) mass is 448 g/mol. The third-order valence-electron chi connectivity index (χ3n) is 6.12. The highest BCUT2D eigenvalue weighted by molar-refractivity contribution is 6.01. The SMILES string of the molecule is CC(C)Cn1cc(-c2ccc(N(C)C)nc2)c2ccc(C(=O)N3CCNC(=O)C3(C)C)nc21. The number of hydrogen-bond acceptors (Lipinski definition) is 5. The molecule has 0 radical (unpaired) electrons. The molecule has 0 aliphatic carbocycles.